The summed E-state index contributed by atoms with van der Waals surface area (Å²) in [5.41, 5.74) is 6.94. The molecule has 0 heteroatoms. The van der Waals surface area contributed by atoms with Crippen molar-refractivity contribution in [2.45, 2.75) is 51.9 Å². The normalized spacial score (nSPS) is 36.3. The first kappa shape index (κ1) is 13.4. The van der Waals surface area contributed by atoms with Gasteiger partial charge in [0.1, 0.15) is 0 Å². The van der Waals surface area contributed by atoms with Crippen molar-refractivity contribution in [1.82, 2.24) is 0 Å². The fraction of sp³-hybridized carbons (Fsp3) is 0.571. The summed E-state index contributed by atoms with van der Waals surface area (Å²) in [5.74, 6) is 3.17. The van der Waals surface area contributed by atoms with E-state index >= 15 is 0 Å². The van der Waals surface area contributed by atoms with Gasteiger partial charge in [0.2, 0.25) is 0 Å². The smallest absolute Gasteiger partial charge is 0.0128 e. The van der Waals surface area contributed by atoms with Gasteiger partial charge in [-0.15, -0.1) is 5.73 Å². The molecular weight excluding hydrogens is 252 g/mol. The predicted octanol–water partition coefficient (Wildman–Crippen LogP) is 5.85. The molecule has 4 fully saturated rings. The number of allylic oxidation sites excluding steroid dienone is 1. The molecule has 4 aliphatic rings. The van der Waals surface area contributed by atoms with Gasteiger partial charge in [-0.2, -0.15) is 0 Å². The van der Waals surface area contributed by atoms with Crippen LogP contribution in [0.4, 0.5) is 0 Å². The van der Waals surface area contributed by atoms with Crippen LogP contribution in [0.3, 0.4) is 0 Å². The van der Waals surface area contributed by atoms with E-state index in [9.17, 15) is 0 Å². The Balaban J connectivity index is 1.52. The summed E-state index contributed by atoms with van der Waals surface area (Å²) in [6.45, 7) is 2.29. The highest BCUT2D eigenvalue weighted by atomic mass is 14.5. The third-order valence-corrected chi connectivity index (χ3v) is 6.09. The quantitative estimate of drug-likeness (QED) is 0.608. The largest absolute Gasteiger partial charge is 0.121 e. The third kappa shape index (κ3) is 2.74. The molecular formula is C21H26. The Morgan fingerprint density at radius 2 is 1.62 bits per heavy atom. The zero-order chi connectivity index (χ0) is 14.3. The molecule has 0 aliphatic heterocycles. The maximum Gasteiger partial charge on any atom is -0.0128 e. The van der Waals surface area contributed by atoms with Crippen molar-refractivity contribution in [3.63, 3.8) is 0 Å². The Bertz CT molecular complexity index is 536. The second-order valence-corrected chi connectivity index (χ2v) is 8.07. The second kappa shape index (κ2) is 5.18. The predicted molar refractivity (Wildman–Crippen MR) is 88.8 cm³/mol. The van der Waals surface area contributed by atoms with Gasteiger partial charge in [-0.1, -0.05) is 30.3 Å². The average Bonchev–Trinajstić information content (AvgIpc) is 2.44. The summed E-state index contributed by atoms with van der Waals surface area (Å²) in [5, 5.41) is 0. The molecule has 0 spiro atoms. The molecule has 0 amide bonds. The number of hydrogen-bond donors (Lipinski definition) is 0. The average molecular weight is 278 g/mol. The minimum absolute atomic E-state index is 0.649. The van der Waals surface area contributed by atoms with Crippen LogP contribution in [0.25, 0.3) is 6.08 Å². The van der Waals surface area contributed by atoms with Gasteiger partial charge in [-0.25, -0.2) is 0 Å². The lowest BCUT2D eigenvalue weighted by molar-refractivity contribution is -0.0520. The maximum absolute atomic E-state index is 3.57. The van der Waals surface area contributed by atoms with E-state index < -0.39 is 0 Å². The van der Waals surface area contributed by atoms with Crippen molar-refractivity contribution in [3.8, 4) is 0 Å². The Labute approximate surface area is 129 Å². The van der Waals surface area contributed by atoms with Crippen molar-refractivity contribution >= 4 is 6.08 Å². The van der Waals surface area contributed by atoms with Crippen LogP contribution in [0, 0.1) is 23.2 Å². The van der Waals surface area contributed by atoms with Crippen LogP contribution >= 0.6 is 0 Å². The van der Waals surface area contributed by atoms with Crippen LogP contribution < -0.4 is 0 Å². The van der Waals surface area contributed by atoms with Gasteiger partial charge >= 0.3 is 0 Å². The molecule has 1 aromatic carbocycles. The molecule has 0 radical (unpaired) electrons. The number of benzene rings is 1. The van der Waals surface area contributed by atoms with Crippen LogP contribution in [-0.4, -0.2) is 0 Å². The van der Waals surface area contributed by atoms with Crippen LogP contribution in [0.15, 0.2) is 41.6 Å². The van der Waals surface area contributed by atoms with Crippen molar-refractivity contribution in [2.24, 2.45) is 23.2 Å². The molecule has 0 N–H and O–H groups in total. The summed E-state index contributed by atoms with van der Waals surface area (Å²) in [7, 11) is 0. The van der Waals surface area contributed by atoms with Crippen molar-refractivity contribution < 1.29 is 0 Å². The monoisotopic (exact) mass is 278 g/mol. The highest BCUT2D eigenvalue weighted by Crippen LogP contribution is 2.61. The fourth-order valence-corrected chi connectivity index (χ4v) is 5.88. The van der Waals surface area contributed by atoms with Gasteiger partial charge in [0.15, 0.2) is 0 Å². The van der Waals surface area contributed by atoms with E-state index in [0.717, 1.165) is 17.8 Å². The van der Waals surface area contributed by atoms with Gasteiger partial charge in [0.05, 0.1) is 0 Å². The summed E-state index contributed by atoms with van der Waals surface area (Å²) < 4.78 is 0. The first-order chi connectivity index (χ1) is 10.2. The molecule has 4 aliphatic carbocycles. The maximum atomic E-state index is 3.57. The summed E-state index contributed by atoms with van der Waals surface area (Å²) in [6, 6.07) is 10.6. The molecule has 0 atom stereocenters. The van der Waals surface area contributed by atoms with Crippen LogP contribution in [0.2, 0.25) is 0 Å². The summed E-state index contributed by atoms with van der Waals surface area (Å²) in [6.07, 6.45) is 12.6. The molecule has 21 heavy (non-hydrogen) atoms. The summed E-state index contributed by atoms with van der Waals surface area (Å²) in [4.78, 5) is 0. The van der Waals surface area contributed by atoms with Gasteiger partial charge in [-0.3, -0.25) is 0 Å². The minimum Gasteiger partial charge on any atom is -0.121 e. The van der Waals surface area contributed by atoms with Crippen molar-refractivity contribution in [2.75, 3.05) is 0 Å². The molecule has 110 valence electrons. The van der Waals surface area contributed by atoms with E-state index in [0.29, 0.717) is 5.41 Å². The third-order valence-electron chi connectivity index (χ3n) is 6.09. The Kier molecular flexibility index (Phi) is 3.31. The Morgan fingerprint density at radius 1 is 1.05 bits per heavy atom. The van der Waals surface area contributed by atoms with Crippen LogP contribution in [-0.2, 0) is 0 Å². The van der Waals surface area contributed by atoms with E-state index in [1.807, 2.05) is 0 Å². The highest BCUT2D eigenvalue weighted by molar-refractivity contribution is 5.48. The molecule has 0 unspecified atom stereocenters. The van der Waals surface area contributed by atoms with E-state index in [4.69, 9.17) is 0 Å². The Hall–Kier alpha value is -1.26. The SMILES string of the molecule is CC(=C=Cc1ccccc1)CC12CC3CC(CC(C3)C1)C2. The first-order valence-electron chi connectivity index (χ1n) is 8.68. The fourth-order valence-electron chi connectivity index (χ4n) is 5.88. The van der Waals surface area contributed by atoms with Crippen molar-refractivity contribution in [1.29, 1.82) is 0 Å². The molecule has 0 nitrogen and oxygen atoms in total. The first-order valence-corrected chi connectivity index (χ1v) is 8.68. The van der Waals surface area contributed by atoms with E-state index in [1.165, 1.54) is 36.8 Å². The molecule has 4 bridgehead atoms. The highest BCUT2D eigenvalue weighted by Gasteiger charge is 2.50. The zero-order valence-electron chi connectivity index (χ0n) is 13.1. The minimum atomic E-state index is 0.649. The Morgan fingerprint density at radius 3 is 2.19 bits per heavy atom. The molecule has 0 saturated heterocycles. The zero-order valence-corrected chi connectivity index (χ0v) is 13.1. The topological polar surface area (TPSA) is 0 Å². The lowest BCUT2D eigenvalue weighted by atomic mass is 9.48. The van der Waals surface area contributed by atoms with E-state index in [2.05, 4.69) is 49.1 Å². The van der Waals surface area contributed by atoms with Crippen molar-refractivity contribution in [3.05, 3.63) is 47.2 Å². The van der Waals surface area contributed by atoms with Gasteiger partial charge < -0.3 is 0 Å². The second-order valence-electron chi connectivity index (χ2n) is 8.07. The van der Waals surface area contributed by atoms with Gasteiger partial charge in [0.25, 0.3) is 0 Å². The molecule has 4 saturated carbocycles. The standard InChI is InChI=1S/C21H26/c1-16(7-8-17-5-3-2-4-6-17)12-21-13-18-9-19(14-21)11-20(10-18)15-21/h2-6,8,18-20H,9-15H2,1H3. The van der Waals surface area contributed by atoms with E-state index in [-0.39, 0.29) is 0 Å². The lowest BCUT2D eigenvalue weighted by Gasteiger charge is -2.57. The van der Waals surface area contributed by atoms with Gasteiger partial charge in [-0.05, 0) is 92.3 Å². The molecule has 0 heterocycles. The van der Waals surface area contributed by atoms with Crippen LogP contribution in [0.5, 0.6) is 0 Å². The number of rotatable bonds is 3. The molecule has 0 aromatic heterocycles. The van der Waals surface area contributed by atoms with E-state index in [1.54, 1.807) is 19.3 Å². The molecule has 1 aromatic rings. The summed E-state index contributed by atoms with van der Waals surface area (Å²) >= 11 is 0. The number of hydrogen-bond acceptors (Lipinski definition) is 0. The van der Waals surface area contributed by atoms with Crippen LogP contribution in [0.1, 0.15) is 57.4 Å². The van der Waals surface area contributed by atoms with Gasteiger partial charge in [0, 0.05) is 0 Å². The molecule has 5 rings (SSSR count). The lowest BCUT2D eigenvalue weighted by Crippen LogP contribution is -2.46.